The van der Waals surface area contributed by atoms with Crippen molar-refractivity contribution in [2.24, 2.45) is 0 Å². The highest BCUT2D eigenvalue weighted by Gasteiger charge is 2.23. The molecule has 0 spiro atoms. The summed E-state index contributed by atoms with van der Waals surface area (Å²) in [6, 6.07) is 14.9. The van der Waals surface area contributed by atoms with E-state index in [-0.39, 0.29) is 38.7 Å². The van der Waals surface area contributed by atoms with E-state index in [2.05, 4.69) is 0 Å². The lowest BCUT2D eigenvalue weighted by atomic mass is 9.97. The van der Waals surface area contributed by atoms with Crippen LogP contribution in [0.1, 0.15) is 10.4 Å². The van der Waals surface area contributed by atoms with E-state index in [0.717, 1.165) is 0 Å². The van der Waals surface area contributed by atoms with Crippen LogP contribution >= 0.6 is 11.6 Å². The summed E-state index contributed by atoms with van der Waals surface area (Å²) in [5, 5.41) is 11.6. The first-order chi connectivity index (χ1) is 13.0. The molecular formula is C21H13ClO5. The molecule has 0 radical (unpaired) electrons. The number of phenols is 1. The number of methoxy groups -OCH3 is 1. The number of ether oxygens (including phenoxy) is 1. The number of carbonyl (C=O) groups is 1. The SMILES string of the molecule is COC(=O)c1cc2c(=O)c3cc(Cl)ccc3oc2c(-c2ccccc2)c1O. The van der Waals surface area contributed by atoms with Crippen LogP contribution in [0.3, 0.4) is 0 Å². The zero-order valence-corrected chi connectivity index (χ0v) is 14.9. The molecule has 1 N–H and O–H groups in total. The van der Waals surface area contributed by atoms with Gasteiger partial charge in [0.25, 0.3) is 0 Å². The molecule has 0 saturated carbocycles. The second-order valence-corrected chi connectivity index (χ2v) is 6.39. The summed E-state index contributed by atoms with van der Waals surface area (Å²) in [7, 11) is 1.21. The molecule has 0 atom stereocenters. The molecule has 0 amide bonds. The van der Waals surface area contributed by atoms with Crippen LogP contribution in [-0.2, 0) is 4.74 Å². The van der Waals surface area contributed by atoms with Crippen molar-refractivity contribution in [3.8, 4) is 16.9 Å². The number of hydrogen-bond donors (Lipinski definition) is 1. The lowest BCUT2D eigenvalue weighted by molar-refractivity contribution is 0.0597. The normalized spacial score (nSPS) is 11.0. The van der Waals surface area contributed by atoms with Crippen LogP contribution in [0, 0.1) is 0 Å². The molecular weight excluding hydrogens is 368 g/mol. The fourth-order valence-corrected chi connectivity index (χ4v) is 3.26. The summed E-state index contributed by atoms with van der Waals surface area (Å²) >= 11 is 6.00. The molecule has 1 aromatic heterocycles. The van der Waals surface area contributed by atoms with Crippen molar-refractivity contribution in [3.63, 3.8) is 0 Å². The first-order valence-corrected chi connectivity index (χ1v) is 8.45. The molecule has 3 aromatic carbocycles. The second-order valence-electron chi connectivity index (χ2n) is 5.95. The van der Waals surface area contributed by atoms with Gasteiger partial charge in [0, 0.05) is 5.02 Å². The minimum absolute atomic E-state index is 0.113. The third kappa shape index (κ3) is 2.73. The molecule has 0 aliphatic heterocycles. The maximum absolute atomic E-state index is 13.0. The number of fused-ring (bicyclic) bond motifs is 2. The highest BCUT2D eigenvalue weighted by Crippen LogP contribution is 2.39. The van der Waals surface area contributed by atoms with E-state index < -0.39 is 5.97 Å². The van der Waals surface area contributed by atoms with E-state index in [4.69, 9.17) is 20.8 Å². The zero-order chi connectivity index (χ0) is 19.1. The third-order valence-electron chi connectivity index (χ3n) is 4.36. The van der Waals surface area contributed by atoms with Gasteiger partial charge in [0.05, 0.1) is 23.4 Å². The Morgan fingerprint density at radius 1 is 1.07 bits per heavy atom. The number of esters is 1. The molecule has 0 fully saturated rings. The summed E-state index contributed by atoms with van der Waals surface area (Å²) < 4.78 is 10.7. The van der Waals surface area contributed by atoms with E-state index in [9.17, 15) is 14.7 Å². The minimum Gasteiger partial charge on any atom is -0.506 e. The number of benzene rings is 3. The minimum atomic E-state index is -0.753. The quantitative estimate of drug-likeness (QED) is 0.401. The molecule has 6 heteroatoms. The largest absolute Gasteiger partial charge is 0.506 e. The van der Waals surface area contributed by atoms with Gasteiger partial charge in [-0.25, -0.2) is 4.79 Å². The molecule has 0 unspecified atom stereocenters. The summed E-state index contributed by atoms with van der Waals surface area (Å²) in [4.78, 5) is 25.2. The van der Waals surface area contributed by atoms with Gasteiger partial charge >= 0.3 is 5.97 Å². The summed E-state index contributed by atoms with van der Waals surface area (Å²) in [6.07, 6.45) is 0. The Bertz CT molecular complexity index is 1260. The highest BCUT2D eigenvalue weighted by atomic mass is 35.5. The van der Waals surface area contributed by atoms with Crippen LogP contribution in [0.15, 0.2) is 63.8 Å². The lowest BCUT2D eigenvalue weighted by Gasteiger charge is -2.13. The van der Waals surface area contributed by atoms with Crippen LogP contribution in [0.25, 0.3) is 33.1 Å². The van der Waals surface area contributed by atoms with Gasteiger partial charge in [-0.15, -0.1) is 0 Å². The van der Waals surface area contributed by atoms with Gasteiger partial charge < -0.3 is 14.3 Å². The first kappa shape index (κ1) is 17.1. The Morgan fingerprint density at radius 3 is 2.52 bits per heavy atom. The average Bonchev–Trinajstić information content (AvgIpc) is 2.68. The van der Waals surface area contributed by atoms with Crippen LogP contribution in [0.4, 0.5) is 0 Å². The molecule has 0 aliphatic carbocycles. The molecule has 27 heavy (non-hydrogen) atoms. The zero-order valence-electron chi connectivity index (χ0n) is 14.2. The molecule has 4 rings (SSSR count). The number of rotatable bonds is 2. The molecule has 4 aromatic rings. The van der Waals surface area contributed by atoms with Crippen molar-refractivity contribution in [2.75, 3.05) is 7.11 Å². The fourth-order valence-electron chi connectivity index (χ4n) is 3.09. The van der Waals surface area contributed by atoms with E-state index in [0.29, 0.717) is 16.2 Å². The molecule has 5 nitrogen and oxygen atoms in total. The first-order valence-electron chi connectivity index (χ1n) is 8.07. The monoisotopic (exact) mass is 380 g/mol. The number of hydrogen-bond acceptors (Lipinski definition) is 5. The van der Waals surface area contributed by atoms with Crippen molar-refractivity contribution in [1.29, 1.82) is 0 Å². The van der Waals surface area contributed by atoms with Crippen LogP contribution in [0.2, 0.25) is 5.02 Å². The van der Waals surface area contributed by atoms with Crippen LogP contribution in [0.5, 0.6) is 5.75 Å². The maximum Gasteiger partial charge on any atom is 0.341 e. The summed E-state index contributed by atoms with van der Waals surface area (Å²) in [5.74, 6) is -1.06. The van der Waals surface area contributed by atoms with Gasteiger partial charge in [-0.1, -0.05) is 41.9 Å². The predicted molar refractivity (Wildman–Crippen MR) is 103 cm³/mol. The van der Waals surface area contributed by atoms with Crippen molar-refractivity contribution >= 4 is 39.5 Å². The molecule has 1 heterocycles. The van der Waals surface area contributed by atoms with Gasteiger partial charge in [0.2, 0.25) is 5.43 Å². The van der Waals surface area contributed by atoms with Crippen LogP contribution in [-0.4, -0.2) is 18.2 Å². The van der Waals surface area contributed by atoms with Crippen molar-refractivity contribution < 1.29 is 19.1 Å². The summed E-state index contributed by atoms with van der Waals surface area (Å²) in [5.41, 5.74) is 0.906. The van der Waals surface area contributed by atoms with E-state index in [1.165, 1.54) is 19.2 Å². The van der Waals surface area contributed by atoms with Gasteiger partial charge in [-0.2, -0.15) is 0 Å². The average molecular weight is 381 g/mol. The highest BCUT2D eigenvalue weighted by molar-refractivity contribution is 6.31. The Kier molecular flexibility index (Phi) is 4.09. The number of phenolic OH excluding ortho intramolecular Hbond substituents is 1. The van der Waals surface area contributed by atoms with Gasteiger partial charge in [0.1, 0.15) is 22.5 Å². The molecule has 134 valence electrons. The number of aromatic hydroxyl groups is 1. The Hall–Kier alpha value is -3.31. The smallest absolute Gasteiger partial charge is 0.341 e. The third-order valence-corrected chi connectivity index (χ3v) is 4.60. The second kappa shape index (κ2) is 6.45. The van der Waals surface area contributed by atoms with Crippen molar-refractivity contribution in [1.82, 2.24) is 0 Å². The molecule has 0 aliphatic rings. The topological polar surface area (TPSA) is 76.7 Å². The Morgan fingerprint density at radius 2 is 1.81 bits per heavy atom. The molecule has 0 bridgehead atoms. The van der Waals surface area contributed by atoms with Gasteiger partial charge in [-0.05, 0) is 29.8 Å². The Balaban J connectivity index is 2.23. The predicted octanol–water partition coefficient (Wildman–Crippen LogP) is 4.76. The van der Waals surface area contributed by atoms with E-state index >= 15 is 0 Å². The summed E-state index contributed by atoms with van der Waals surface area (Å²) in [6.45, 7) is 0. The Labute approximate surface area is 158 Å². The number of halogens is 1. The van der Waals surface area contributed by atoms with E-state index in [1.54, 1.807) is 36.4 Å². The van der Waals surface area contributed by atoms with Crippen molar-refractivity contribution in [2.45, 2.75) is 0 Å². The van der Waals surface area contributed by atoms with Gasteiger partial charge in [0.15, 0.2) is 0 Å². The molecule has 0 saturated heterocycles. The van der Waals surface area contributed by atoms with E-state index in [1.807, 2.05) is 6.07 Å². The van der Waals surface area contributed by atoms with Crippen LogP contribution < -0.4 is 5.43 Å². The van der Waals surface area contributed by atoms with Crippen molar-refractivity contribution in [3.05, 3.63) is 75.4 Å². The lowest BCUT2D eigenvalue weighted by Crippen LogP contribution is -2.08. The number of carbonyl (C=O) groups excluding carboxylic acids is 1. The maximum atomic E-state index is 13.0. The standard InChI is InChI=1S/C21H13ClO5/c1-26-21(25)15-10-14-18(23)13-9-12(22)7-8-16(13)27-20(14)17(19(15)24)11-5-3-2-4-6-11/h2-10,24H,1H3. The van der Waals surface area contributed by atoms with Gasteiger partial charge in [-0.3, -0.25) is 4.79 Å². The fraction of sp³-hybridized carbons (Fsp3) is 0.0476.